The molecule has 6 heterocycles. The maximum atomic E-state index is 14.5. The highest BCUT2D eigenvalue weighted by Gasteiger charge is 2.56. The molecule has 0 aromatic heterocycles. The van der Waals surface area contributed by atoms with E-state index in [2.05, 4.69) is 6.92 Å². The topological polar surface area (TPSA) is 367 Å². The number of amides is 2. The van der Waals surface area contributed by atoms with Gasteiger partial charge in [-0.15, -0.1) is 0 Å². The lowest BCUT2D eigenvalue weighted by Gasteiger charge is -2.42. The number of hydrogen-bond acceptors (Lipinski definition) is 25. The van der Waals surface area contributed by atoms with Gasteiger partial charge in [0.1, 0.15) is 66.9 Å². The second-order valence-corrected chi connectivity index (χ2v) is 42.2. The minimum absolute atomic E-state index is 0.0181. The average molecular weight is 1920 g/mol. The summed E-state index contributed by atoms with van der Waals surface area (Å²) in [6.07, 6.45) is 26.9. The molecule has 0 spiro atoms. The molecular formula is C107H170N2O25P+. The molecule has 28 heteroatoms. The van der Waals surface area contributed by atoms with Gasteiger partial charge >= 0.3 is 19.7 Å². The fourth-order valence-electron chi connectivity index (χ4n) is 21.1. The smallest absolute Gasteiger partial charge is 0.335 e. The van der Waals surface area contributed by atoms with Crippen LogP contribution in [0.2, 0.25) is 0 Å². The summed E-state index contributed by atoms with van der Waals surface area (Å²) in [5.41, 5.74) is 2.57. The van der Waals surface area contributed by atoms with Gasteiger partial charge in [-0.3, -0.25) is 38.4 Å². The van der Waals surface area contributed by atoms with Crippen LogP contribution in [0.25, 0.3) is 0 Å². The van der Waals surface area contributed by atoms with E-state index in [4.69, 9.17) is 47.4 Å². The molecule has 0 radical (unpaired) electrons. The standard InChI is InChI=1S/C53H83NO13P.C52H81NO12.C2H6/c1-32-17-13-12-14-18-33(2)44(63-8)29-41-23-20-38(7)53(61,67-41)50(58)51(59)54-24-16-15-19-42(54)52(60)66-45(35(4)27-39-21-22-40(31-68(11)62)46(28-39)64-9)30-43(55)34(3)26-37(6)48(57)49(65-10)47(56)36(5)25-32;1-31-17-13-12-14-18-32(2)44(62-10)29-40-23-21-38(8)52(60,65-40)49(57)50(58)53-24-16-15-19-41(53)51(59)64-45(35(5)27-39-22-20-33(3)43(28-39)61-9)30-42(54)34(4)26-37(7)47(56)48(63-11)46(55)36(6)25-31;1-2/h12-14,17-18,26,32,34-36,38-42,44-46,48-49,57,61H,15-16,19-25,27-31H2,1-11H3;12-14,17-18,26,31,33-36,38-41,43-45,47-48,56,60H,15-16,19-25,27-30H2,1-11H3;1-2H3/q+1;;/b14-12?,17-13+,33-18?,37-26+;14-12?,17-13+,32-18?,37-26+;/t32-,34-,35-,36-,38-,39+,40?,41?,42?,44+,45+,46-,48-,49+,53-;31-,33?,34-,35-,36-,38-,39+,40?,41?,43-,44+,45+,47-,48+,52-;/m11./s1. The molecule has 2 aliphatic carbocycles. The number of aliphatic hydroxyl groups excluding tert-OH is 2. The molecule has 0 aromatic carbocycles. The molecule has 31 atom stereocenters. The first-order valence-corrected chi connectivity index (χ1v) is 52.2. The summed E-state index contributed by atoms with van der Waals surface area (Å²) < 4.78 is 71.7. The molecular weight excluding hydrogens is 1740 g/mol. The molecule has 762 valence electrons. The Balaban J connectivity index is 0.000000408. The first-order chi connectivity index (χ1) is 63.9. The first-order valence-electron chi connectivity index (χ1n) is 50.3. The van der Waals surface area contributed by atoms with Gasteiger partial charge in [-0.1, -0.05) is 167 Å². The number of aliphatic hydroxyl groups is 4. The van der Waals surface area contributed by atoms with E-state index in [9.17, 15) is 72.9 Å². The summed E-state index contributed by atoms with van der Waals surface area (Å²) in [6, 6.07) is -2.24. The molecule has 0 aromatic rings. The lowest BCUT2D eigenvalue weighted by molar-refractivity contribution is -0.265. The number of cyclic esters (lactones) is 2. The van der Waals surface area contributed by atoms with E-state index in [1.165, 1.54) is 24.0 Å². The van der Waals surface area contributed by atoms with Crippen molar-refractivity contribution in [3.8, 4) is 0 Å². The van der Waals surface area contributed by atoms with Crippen LogP contribution < -0.4 is 0 Å². The highest BCUT2D eigenvalue weighted by molar-refractivity contribution is 7.43. The van der Waals surface area contributed by atoms with Crippen LogP contribution in [0, 0.1) is 82.9 Å². The summed E-state index contributed by atoms with van der Waals surface area (Å²) in [5, 5.41) is 46.8. The molecule has 8 rings (SSSR count). The van der Waals surface area contributed by atoms with E-state index >= 15 is 0 Å². The second kappa shape index (κ2) is 56.8. The van der Waals surface area contributed by atoms with Crippen molar-refractivity contribution in [3.05, 3.63) is 95.2 Å². The zero-order valence-corrected chi connectivity index (χ0v) is 86.8. The van der Waals surface area contributed by atoms with E-state index in [0.717, 1.165) is 49.7 Å². The van der Waals surface area contributed by atoms with Crippen molar-refractivity contribution >= 4 is 66.3 Å². The molecule has 2 amide bonds. The lowest BCUT2D eigenvalue weighted by Crippen LogP contribution is -2.61. The number of ether oxygens (including phenoxy) is 10. The molecule has 7 unspecified atom stereocenters. The number of allylic oxidation sites excluding steroid dienone is 12. The minimum atomic E-state index is -2.43. The Morgan fingerprint density at radius 3 is 1.21 bits per heavy atom. The number of carbonyl (C=O) groups is 10. The normalized spacial score (nSPS) is 38.1. The largest absolute Gasteiger partial charge is 0.460 e. The van der Waals surface area contributed by atoms with Gasteiger partial charge in [0.05, 0.1) is 36.6 Å². The second-order valence-electron chi connectivity index (χ2n) is 40.6. The maximum absolute atomic E-state index is 14.5. The Labute approximate surface area is 807 Å². The van der Waals surface area contributed by atoms with Crippen LogP contribution in [0.1, 0.15) is 272 Å². The van der Waals surface area contributed by atoms with Gasteiger partial charge in [-0.05, 0) is 220 Å². The van der Waals surface area contributed by atoms with Crippen LogP contribution in [-0.2, 0) is 99.9 Å². The quantitative estimate of drug-likeness (QED) is 0.0543. The molecule has 2 saturated carbocycles. The van der Waals surface area contributed by atoms with Gasteiger partial charge in [0.2, 0.25) is 11.6 Å². The Morgan fingerprint density at radius 2 is 0.844 bits per heavy atom. The fourth-order valence-corrected chi connectivity index (χ4v) is 22.2. The molecule has 27 nitrogen and oxygen atoms in total. The van der Waals surface area contributed by atoms with Gasteiger partial charge in [0.25, 0.3) is 23.4 Å². The summed E-state index contributed by atoms with van der Waals surface area (Å²) in [5.74, 6) is -14.8. The summed E-state index contributed by atoms with van der Waals surface area (Å²) in [4.78, 5) is 144. The number of nitrogens with zero attached hydrogens (tertiary/aromatic N) is 2. The zero-order valence-electron chi connectivity index (χ0n) is 85.9. The average Bonchev–Trinajstić information content (AvgIpc) is 0.777. The number of fused-ring (bicyclic) bond motifs is 6. The van der Waals surface area contributed by atoms with E-state index in [1.54, 1.807) is 88.8 Å². The number of piperidine rings is 2. The predicted molar refractivity (Wildman–Crippen MR) is 521 cm³/mol. The molecule has 4 bridgehead atoms. The van der Waals surface area contributed by atoms with Crippen LogP contribution in [0.3, 0.4) is 0 Å². The Hall–Kier alpha value is -6.56. The number of esters is 2. The molecule has 4 N–H and O–H groups in total. The van der Waals surface area contributed by atoms with Crippen LogP contribution in [0.4, 0.5) is 0 Å². The number of methoxy groups -OCH3 is 6. The number of carbonyl (C=O) groups excluding carboxylic acids is 10. The summed E-state index contributed by atoms with van der Waals surface area (Å²) >= 11 is 0. The van der Waals surface area contributed by atoms with E-state index in [1.807, 2.05) is 130 Å². The monoisotopic (exact) mass is 1910 g/mol. The molecule has 135 heavy (non-hydrogen) atoms. The fraction of sp³-hybridized carbons (Fsp3) is 0.757. The SMILES string of the molecule is CC.CO[C@H]1CC2CC[C@@H](C)[C@@](O)(O2)C(=O)C(=O)N2CCCCC2C(=O)O[C@H]([C@H](C)C[C@@H]2CCC(C)[C@H](OC)C2)CC(=O)[C@H](C)/C=C(\C)[C@@H](O)[C@@H](OC)C(=O)[C@H](C)C[C@H](C)/C=C/C=CC=C1C.CO[C@H]1CC2CC[C@@H](C)[C@@](O)(O2)C(=O)C(=O)N2CCCCC2C(=O)O[C@H]([C@H](C)C[C@@H]2CCC(C[P+](C)=O)[C@H](OC)C2)CC(=O)[C@H](C)/C=C(\C)[C@@H](O)[C@@H](OC)C(=O)[C@H](C)C[C@H](C)/C=C/C=CC=C1C. The van der Waals surface area contributed by atoms with Crippen LogP contribution in [0.15, 0.2) is 95.2 Å². The van der Waals surface area contributed by atoms with E-state index in [-0.39, 0.29) is 116 Å². The third kappa shape index (κ3) is 33.3. The highest BCUT2D eigenvalue weighted by atomic mass is 31.1. The van der Waals surface area contributed by atoms with Gasteiger partial charge in [0.15, 0.2) is 17.7 Å². The van der Waals surface area contributed by atoms with Gasteiger partial charge in [-0.25, -0.2) is 9.59 Å². The zero-order chi connectivity index (χ0) is 101. The lowest BCUT2D eigenvalue weighted by atomic mass is 9.75. The Morgan fingerprint density at radius 1 is 0.459 bits per heavy atom. The molecule has 6 fully saturated rings. The number of Topliss-reactive ketones (excluding diaryl/α,β-unsaturated/α-hetero) is 6. The third-order valence-corrected chi connectivity index (χ3v) is 31.0. The summed E-state index contributed by atoms with van der Waals surface area (Å²) in [7, 11) is 8.00. The van der Waals surface area contributed by atoms with Crippen LogP contribution >= 0.6 is 7.80 Å². The van der Waals surface area contributed by atoms with Crippen molar-refractivity contribution < 1.29 is 120 Å². The molecule has 4 saturated heterocycles. The molecule has 6 aliphatic heterocycles. The van der Waals surface area contributed by atoms with E-state index in [0.29, 0.717) is 113 Å². The van der Waals surface area contributed by atoms with E-state index < -0.39 is 163 Å². The summed E-state index contributed by atoms with van der Waals surface area (Å²) in [6.45, 7) is 33.6. The van der Waals surface area contributed by atoms with Crippen molar-refractivity contribution in [2.75, 3.05) is 68.6 Å². The molecule has 8 aliphatic rings. The number of hydrogen-bond donors (Lipinski definition) is 4. The van der Waals surface area contributed by atoms with Crippen molar-refractivity contribution in [1.82, 2.24) is 9.80 Å². The van der Waals surface area contributed by atoms with Crippen molar-refractivity contribution in [3.63, 3.8) is 0 Å². The third-order valence-electron chi connectivity index (χ3n) is 30.0. The van der Waals surface area contributed by atoms with Crippen molar-refractivity contribution in [2.45, 2.75) is 369 Å². The maximum Gasteiger partial charge on any atom is 0.335 e. The van der Waals surface area contributed by atoms with Gasteiger partial charge < -0.3 is 77.6 Å². The predicted octanol–water partition coefficient (Wildman–Crippen LogP) is 16.4. The van der Waals surface area contributed by atoms with Gasteiger partial charge in [-0.2, -0.15) is 0 Å². The van der Waals surface area contributed by atoms with Gasteiger partial charge in [0, 0.05) is 123 Å². The van der Waals surface area contributed by atoms with Crippen molar-refractivity contribution in [1.29, 1.82) is 0 Å². The minimum Gasteiger partial charge on any atom is -0.460 e. The Kier molecular flexibility index (Phi) is 49.3. The number of ketones is 6. The number of rotatable bonds is 14. The first kappa shape index (κ1) is 117. The highest BCUT2D eigenvalue weighted by Crippen LogP contribution is 2.44. The Bertz CT molecular complexity index is 4150. The van der Waals surface area contributed by atoms with Crippen LogP contribution in [0.5, 0.6) is 0 Å². The van der Waals surface area contributed by atoms with Crippen molar-refractivity contribution in [2.24, 2.45) is 82.9 Å². The van der Waals surface area contributed by atoms with Crippen LogP contribution in [-0.4, -0.2) is 254 Å².